The predicted octanol–water partition coefficient (Wildman–Crippen LogP) is 0.741. The Balaban J connectivity index is 2.21. The molecule has 0 aromatic rings. The number of hydrogen-bond donors (Lipinski definition) is 2. The van der Waals surface area contributed by atoms with E-state index in [1.54, 1.807) is 0 Å². The van der Waals surface area contributed by atoms with Crippen molar-refractivity contribution in [2.75, 3.05) is 6.54 Å². The van der Waals surface area contributed by atoms with Gasteiger partial charge >= 0.3 is 0 Å². The molecule has 0 unspecified atom stereocenters. The first-order chi connectivity index (χ1) is 5.05. The van der Waals surface area contributed by atoms with E-state index in [9.17, 15) is 13.9 Å². The fraction of sp³-hybridized carbons (Fsp3) is 1.00. The summed E-state index contributed by atoms with van der Waals surface area (Å²) in [6.07, 6.45) is -0.539. The van der Waals surface area contributed by atoms with Crippen LogP contribution in [0.4, 0.5) is 8.78 Å². The molecule has 66 valence electrons. The summed E-state index contributed by atoms with van der Waals surface area (Å²) in [6.45, 7) is 0.364. The maximum Gasteiger partial charge on any atom is 0.248 e. The molecule has 0 heterocycles. The zero-order valence-electron chi connectivity index (χ0n) is 6.26. The lowest BCUT2D eigenvalue weighted by molar-refractivity contribution is -0.141. The maximum atomic E-state index is 12.2. The van der Waals surface area contributed by atoms with Gasteiger partial charge in [-0.1, -0.05) is 0 Å². The van der Waals surface area contributed by atoms with Crippen molar-refractivity contribution in [3.63, 3.8) is 0 Å². The topological polar surface area (TPSA) is 46.2 Å². The van der Waals surface area contributed by atoms with Gasteiger partial charge in [0, 0.05) is 12.8 Å². The van der Waals surface area contributed by atoms with E-state index in [1.807, 2.05) is 0 Å². The third-order valence-electron chi connectivity index (χ3n) is 2.13. The molecule has 2 nitrogen and oxygen atoms in total. The normalized spacial score (nSPS) is 26.2. The fourth-order valence-corrected chi connectivity index (χ4v) is 1.39. The number of aliphatic hydroxyl groups is 1. The van der Waals surface area contributed by atoms with Gasteiger partial charge in [-0.3, -0.25) is 0 Å². The van der Waals surface area contributed by atoms with Crippen LogP contribution in [0.25, 0.3) is 0 Å². The first-order valence-corrected chi connectivity index (χ1v) is 3.81. The van der Waals surface area contributed by atoms with Gasteiger partial charge in [-0.05, 0) is 18.9 Å². The van der Waals surface area contributed by atoms with Crippen LogP contribution >= 0.6 is 0 Å². The molecule has 1 saturated carbocycles. The Morgan fingerprint density at radius 3 is 2.45 bits per heavy atom. The van der Waals surface area contributed by atoms with Crippen LogP contribution in [-0.2, 0) is 0 Å². The van der Waals surface area contributed by atoms with E-state index < -0.39 is 12.0 Å². The van der Waals surface area contributed by atoms with Crippen molar-refractivity contribution in [1.29, 1.82) is 0 Å². The summed E-state index contributed by atoms with van der Waals surface area (Å²) in [7, 11) is 0. The lowest BCUT2D eigenvalue weighted by atomic mass is 9.77. The van der Waals surface area contributed by atoms with E-state index in [1.165, 1.54) is 0 Å². The van der Waals surface area contributed by atoms with Gasteiger partial charge in [0.05, 0.1) is 6.10 Å². The van der Waals surface area contributed by atoms with Crippen molar-refractivity contribution in [3.8, 4) is 0 Å². The number of halogens is 2. The van der Waals surface area contributed by atoms with Gasteiger partial charge in [-0.25, -0.2) is 8.78 Å². The molecule has 0 radical (unpaired) electrons. The second-order valence-corrected chi connectivity index (χ2v) is 3.17. The van der Waals surface area contributed by atoms with Crippen molar-refractivity contribution in [2.45, 2.75) is 31.3 Å². The Kier molecular flexibility index (Phi) is 2.44. The molecule has 0 aliphatic heterocycles. The van der Waals surface area contributed by atoms with E-state index in [0.717, 1.165) is 0 Å². The molecule has 1 aliphatic carbocycles. The Morgan fingerprint density at radius 2 is 2.09 bits per heavy atom. The minimum atomic E-state index is -2.53. The third-order valence-corrected chi connectivity index (χ3v) is 2.13. The van der Waals surface area contributed by atoms with E-state index in [0.29, 0.717) is 13.0 Å². The van der Waals surface area contributed by atoms with Crippen molar-refractivity contribution in [3.05, 3.63) is 0 Å². The molecule has 1 fully saturated rings. The molecule has 1 rings (SSSR count). The van der Waals surface area contributed by atoms with Crippen LogP contribution in [0, 0.1) is 5.92 Å². The summed E-state index contributed by atoms with van der Waals surface area (Å²) in [5.74, 6) is -2.76. The first-order valence-electron chi connectivity index (χ1n) is 3.81. The molecule has 0 amide bonds. The Bertz CT molecular complexity index is 132. The Hall–Kier alpha value is -0.220. The van der Waals surface area contributed by atoms with Gasteiger partial charge in [0.25, 0.3) is 0 Å². The zero-order chi connectivity index (χ0) is 8.48. The first kappa shape index (κ1) is 8.87. The summed E-state index contributed by atoms with van der Waals surface area (Å²) in [5.41, 5.74) is 5.17. The van der Waals surface area contributed by atoms with E-state index >= 15 is 0 Å². The average Bonchev–Trinajstić information content (AvgIpc) is 1.83. The predicted molar refractivity (Wildman–Crippen MR) is 37.3 cm³/mol. The molecular formula is C7H13F2NO. The Labute approximate surface area is 64.4 Å². The second-order valence-electron chi connectivity index (χ2n) is 3.17. The minimum Gasteiger partial charge on any atom is -0.393 e. The molecule has 1 atom stereocenters. The highest BCUT2D eigenvalue weighted by Crippen LogP contribution is 2.44. The van der Waals surface area contributed by atoms with Crippen LogP contribution in [0.15, 0.2) is 0 Å². The molecule has 11 heavy (non-hydrogen) atoms. The van der Waals surface area contributed by atoms with E-state index in [4.69, 9.17) is 5.73 Å². The number of hydrogen-bond acceptors (Lipinski definition) is 2. The van der Waals surface area contributed by atoms with Crippen LogP contribution in [0.5, 0.6) is 0 Å². The van der Waals surface area contributed by atoms with Crippen LogP contribution in [0.1, 0.15) is 19.3 Å². The summed E-state index contributed by atoms with van der Waals surface area (Å²) in [4.78, 5) is 0. The van der Waals surface area contributed by atoms with Crippen LogP contribution in [0.2, 0.25) is 0 Å². The quantitative estimate of drug-likeness (QED) is 0.648. The number of rotatable bonds is 3. The molecule has 0 aromatic heterocycles. The van der Waals surface area contributed by atoms with Gasteiger partial charge in [-0.2, -0.15) is 0 Å². The minimum absolute atomic E-state index is 0.172. The summed E-state index contributed by atoms with van der Waals surface area (Å²) in [5, 5.41) is 9.19. The second kappa shape index (κ2) is 3.03. The summed E-state index contributed by atoms with van der Waals surface area (Å²) < 4.78 is 24.5. The lowest BCUT2D eigenvalue weighted by Crippen LogP contribution is -2.42. The summed E-state index contributed by atoms with van der Waals surface area (Å²) in [6, 6.07) is 0. The van der Waals surface area contributed by atoms with Crippen molar-refractivity contribution in [2.24, 2.45) is 11.7 Å². The number of aliphatic hydroxyl groups excluding tert-OH is 1. The molecular weight excluding hydrogens is 152 g/mol. The van der Waals surface area contributed by atoms with Crippen molar-refractivity contribution < 1.29 is 13.9 Å². The smallest absolute Gasteiger partial charge is 0.248 e. The highest BCUT2D eigenvalue weighted by molar-refractivity contribution is 4.89. The van der Waals surface area contributed by atoms with Crippen molar-refractivity contribution in [1.82, 2.24) is 0 Å². The Morgan fingerprint density at radius 1 is 1.55 bits per heavy atom. The molecule has 0 aromatic carbocycles. The standard InChI is InChI=1S/C7H13F2NO/c8-7(9)3-5(4-7)6(11)1-2-10/h5-6,11H,1-4,10H2/t6-/m0/s1. The van der Waals surface area contributed by atoms with Gasteiger partial charge < -0.3 is 10.8 Å². The monoisotopic (exact) mass is 165 g/mol. The van der Waals surface area contributed by atoms with Gasteiger partial charge in [-0.15, -0.1) is 0 Å². The molecule has 0 saturated heterocycles. The third kappa shape index (κ3) is 2.10. The highest BCUT2D eigenvalue weighted by atomic mass is 19.3. The van der Waals surface area contributed by atoms with E-state index in [2.05, 4.69) is 0 Å². The molecule has 3 N–H and O–H groups in total. The van der Waals surface area contributed by atoms with Crippen molar-refractivity contribution >= 4 is 0 Å². The summed E-state index contributed by atoms with van der Waals surface area (Å²) >= 11 is 0. The lowest BCUT2D eigenvalue weighted by Gasteiger charge is -2.37. The van der Waals surface area contributed by atoms with Crippen LogP contribution in [-0.4, -0.2) is 23.7 Å². The average molecular weight is 165 g/mol. The van der Waals surface area contributed by atoms with Gasteiger partial charge in [0.1, 0.15) is 0 Å². The number of alkyl halides is 2. The highest BCUT2D eigenvalue weighted by Gasteiger charge is 2.47. The number of nitrogens with two attached hydrogens (primary N) is 1. The molecule has 0 bridgehead atoms. The van der Waals surface area contributed by atoms with E-state index in [-0.39, 0.29) is 18.8 Å². The maximum absolute atomic E-state index is 12.2. The van der Waals surface area contributed by atoms with Gasteiger partial charge in [0.2, 0.25) is 5.92 Å². The fourth-order valence-electron chi connectivity index (χ4n) is 1.39. The zero-order valence-corrected chi connectivity index (χ0v) is 6.26. The van der Waals surface area contributed by atoms with Crippen LogP contribution < -0.4 is 5.73 Å². The molecule has 4 heteroatoms. The van der Waals surface area contributed by atoms with Crippen LogP contribution in [0.3, 0.4) is 0 Å². The molecule has 0 spiro atoms. The molecule has 1 aliphatic rings. The SMILES string of the molecule is NCC[C@H](O)C1CC(F)(F)C1. The van der Waals surface area contributed by atoms with Gasteiger partial charge in [0.15, 0.2) is 0 Å². The largest absolute Gasteiger partial charge is 0.393 e.